The quantitative estimate of drug-likeness (QED) is 0.854. The van der Waals surface area contributed by atoms with Crippen LogP contribution in [0.25, 0.3) is 0 Å². The molecule has 1 amide bonds. The summed E-state index contributed by atoms with van der Waals surface area (Å²) in [5, 5.41) is 3.50. The van der Waals surface area contributed by atoms with E-state index in [1.165, 1.54) is 12.5 Å². The van der Waals surface area contributed by atoms with Gasteiger partial charge in [0.25, 0.3) is 5.91 Å². The van der Waals surface area contributed by atoms with Crippen molar-refractivity contribution in [3.05, 3.63) is 23.2 Å². The SMILES string of the molecule is CN[C@@H]1CCCN(C(=O)c2ncncc2Cl)C1. The highest BCUT2D eigenvalue weighted by Crippen LogP contribution is 2.17. The minimum atomic E-state index is -0.114. The van der Waals surface area contributed by atoms with Crippen molar-refractivity contribution in [1.82, 2.24) is 20.2 Å². The molecule has 1 aromatic heterocycles. The molecule has 1 aliphatic heterocycles. The number of carbonyl (C=O) groups excluding carboxylic acids is 1. The molecule has 0 radical (unpaired) electrons. The zero-order valence-electron chi connectivity index (χ0n) is 9.69. The topological polar surface area (TPSA) is 58.1 Å². The molecule has 6 heteroatoms. The molecule has 2 heterocycles. The van der Waals surface area contributed by atoms with E-state index in [1.807, 2.05) is 7.05 Å². The molecule has 0 aromatic carbocycles. The number of nitrogens with zero attached hydrogens (tertiary/aromatic N) is 3. The minimum absolute atomic E-state index is 0.114. The van der Waals surface area contributed by atoms with E-state index in [0.717, 1.165) is 19.4 Å². The molecule has 0 unspecified atom stereocenters. The van der Waals surface area contributed by atoms with Crippen molar-refractivity contribution in [3.8, 4) is 0 Å². The van der Waals surface area contributed by atoms with Gasteiger partial charge in [-0.25, -0.2) is 9.97 Å². The summed E-state index contributed by atoms with van der Waals surface area (Å²) in [6.07, 6.45) is 4.89. The normalized spacial score (nSPS) is 20.4. The third kappa shape index (κ3) is 2.73. The Bertz CT molecular complexity index is 412. The Morgan fingerprint density at radius 3 is 3.18 bits per heavy atom. The summed E-state index contributed by atoms with van der Waals surface area (Å²) < 4.78 is 0. The van der Waals surface area contributed by atoms with Gasteiger partial charge in [-0.2, -0.15) is 0 Å². The van der Waals surface area contributed by atoms with E-state index in [4.69, 9.17) is 11.6 Å². The van der Waals surface area contributed by atoms with Gasteiger partial charge in [-0.3, -0.25) is 4.79 Å². The van der Waals surface area contributed by atoms with Crippen molar-refractivity contribution in [3.63, 3.8) is 0 Å². The molecule has 17 heavy (non-hydrogen) atoms. The first-order valence-electron chi connectivity index (χ1n) is 5.64. The fourth-order valence-electron chi connectivity index (χ4n) is 2.02. The van der Waals surface area contributed by atoms with Crippen molar-refractivity contribution in [2.75, 3.05) is 20.1 Å². The molecule has 0 bridgehead atoms. The van der Waals surface area contributed by atoms with Crippen LogP contribution in [0.5, 0.6) is 0 Å². The number of aromatic nitrogens is 2. The van der Waals surface area contributed by atoms with Crippen LogP contribution in [0.15, 0.2) is 12.5 Å². The average molecular weight is 255 g/mol. The Kier molecular flexibility index (Phi) is 3.91. The number of halogens is 1. The van der Waals surface area contributed by atoms with Gasteiger partial charge in [0.15, 0.2) is 0 Å². The smallest absolute Gasteiger partial charge is 0.274 e. The van der Waals surface area contributed by atoms with Crippen LogP contribution in [0.2, 0.25) is 5.02 Å². The molecule has 1 saturated heterocycles. The van der Waals surface area contributed by atoms with Gasteiger partial charge in [-0.15, -0.1) is 0 Å². The number of hydrogen-bond donors (Lipinski definition) is 1. The molecule has 92 valence electrons. The van der Waals surface area contributed by atoms with Crippen LogP contribution in [0, 0.1) is 0 Å². The predicted octanol–water partition coefficient (Wildman–Crippen LogP) is 0.954. The number of hydrogen-bond acceptors (Lipinski definition) is 4. The minimum Gasteiger partial charge on any atom is -0.336 e. The van der Waals surface area contributed by atoms with E-state index >= 15 is 0 Å². The highest BCUT2D eigenvalue weighted by atomic mass is 35.5. The van der Waals surface area contributed by atoms with E-state index < -0.39 is 0 Å². The summed E-state index contributed by atoms with van der Waals surface area (Å²) in [4.78, 5) is 21.7. The van der Waals surface area contributed by atoms with Gasteiger partial charge in [-0.1, -0.05) is 11.6 Å². The van der Waals surface area contributed by atoms with Gasteiger partial charge in [0.2, 0.25) is 0 Å². The van der Waals surface area contributed by atoms with Gasteiger partial charge in [0.05, 0.1) is 5.02 Å². The van der Waals surface area contributed by atoms with Gasteiger partial charge in [0.1, 0.15) is 12.0 Å². The molecule has 5 nitrogen and oxygen atoms in total. The van der Waals surface area contributed by atoms with Gasteiger partial charge >= 0.3 is 0 Å². The van der Waals surface area contributed by atoms with Crippen LogP contribution >= 0.6 is 11.6 Å². The Labute approximate surface area is 105 Å². The lowest BCUT2D eigenvalue weighted by Crippen LogP contribution is -2.47. The molecule has 0 saturated carbocycles. The first kappa shape index (κ1) is 12.3. The van der Waals surface area contributed by atoms with Gasteiger partial charge in [-0.05, 0) is 19.9 Å². The third-order valence-corrected chi connectivity index (χ3v) is 3.26. The van der Waals surface area contributed by atoms with Crippen molar-refractivity contribution < 1.29 is 4.79 Å². The Hall–Kier alpha value is -1.20. The molecule has 0 spiro atoms. The van der Waals surface area contributed by atoms with Gasteiger partial charge in [0, 0.05) is 25.3 Å². The molecule has 1 aromatic rings. The Balaban J connectivity index is 2.12. The van der Waals surface area contributed by atoms with E-state index in [2.05, 4.69) is 15.3 Å². The van der Waals surface area contributed by atoms with E-state index in [9.17, 15) is 4.79 Å². The summed E-state index contributed by atoms with van der Waals surface area (Å²) in [5.41, 5.74) is 0.290. The first-order chi connectivity index (χ1) is 8.22. The standard InChI is InChI=1S/C11H15ClN4O/c1-13-8-3-2-4-16(6-8)11(17)10-9(12)5-14-7-15-10/h5,7-8,13H,2-4,6H2,1H3/t8-/m1/s1. The monoisotopic (exact) mass is 254 g/mol. The maximum absolute atomic E-state index is 12.2. The molecular formula is C11H15ClN4O. The lowest BCUT2D eigenvalue weighted by molar-refractivity contribution is 0.0692. The first-order valence-corrected chi connectivity index (χ1v) is 6.02. The largest absolute Gasteiger partial charge is 0.336 e. The summed E-state index contributed by atoms with van der Waals surface area (Å²) in [6.45, 7) is 1.47. The highest BCUT2D eigenvalue weighted by molar-refractivity contribution is 6.33. The Morgan fingerprint density at radius 1 is 1.65 bits per heavy atom. The molecule has 1 fully saturated rings. The number of rotatable bonds is 2. The second-order valence-corrected chi connectivity index (χ2v) is 4.51. The third-order valence-electron chi connectivity index (χ3n) is 2.99. The molecule has 1 N–H and O–H groups in total. The molecular weight excluding hydrogens is 240 g/mol. The van der Waals surface area contributed by atoms with Crippen molar-refractivity contribution >= 4 is 17.5 Å². The molecule has 2 rings (SSSR count). The number of amides is 1. The van der Waals surface area contributed by atoms with Crippen LogP contribution in [0.1, 0.15) is 23.3 Å². The van der Waals surface area contributed by atoms with Gasteiger partial charge < -0.3 is 10.2 Å². The van der Waals surface area contributed by atoms with E-state index in [1.54, 1.807) is 4.90 Å². The predicted molar refractivity (Wildman–Crippen MR) is 65.0 cm³/mol. The van der Waals surface area contributed by atoms with Crippen LogP contribution < -0.4 is 5.32 Å². The molecule has 1 aliphatic rings. The zero-order valence-corrected chi connectivity index (χ0v) is 10.4. The van der Waals surface area contributed by atoms with E-state index in [-0.39, 0.29) is 5.91 Å². The Morgan fingerprint density at radius 2 is 2.47 bits per heavy atom. The van der Waals surface area contributed by atoms with Crippen LogP contribution in [0.3, 0.4) is 0 Å². The summed E-state index contributed by atoms with van der Waals surface area (Å²) in [7, 11) is 1.91. The zero-order chi connectivity index (χ0) is 12.3. The van der Waals surface area contributed by atoms with Crippen LogP contribution in [-0.2, 0) is 0 Å². The number of likely N-dealkylation sites (N-methyl/N-ethyl adjacent to an activating group) is 1. The highest BCUT2D eigenvalue weighted by Gasteiger charge is 2.25. The van der Waals surface area contributed by atoms with E-state index in [0.29, 0.717) is 23.3 Å². The average Bonchev–Trinajstić information content (AvgIpc) is 2.38. The lowest BCUT2D eigenvalue weighted by atomic mass is 10.1. The number of likely N-dealkylation sites (tertiary alicyclic amines) is 1. The number of nitrogens with one attached hydrogen (secondary N) is 1. The van der Waals surface area contributed by atoms with Crippen LogP contribution in [0.4, 0.5) is 0 Å². The number of piperidine rings is 1. The summed E-state index contributed by atoms with van der Waals surface area (Å²) >= 11 is 5.92. The van der Waals surface area contributed by atoms with Crippen molar-refractivity contribution in [2.45, 2.75) is 18.9 Å². The fraction of sp³-hybridized carbons (Fsp3) is 0.545. The van der Waals surface area contributed by atoms with Crippen molar-refractivity contribution in [1.29, 1.82) is 0 Å². The summed E-state index contributed by atoms with van der Waals surface area (Å²) in [5.74, 6) is -0.114. The molecule has 1 atom stereocenters. The van der Waals surface area contributed by atoms with Crippen LogP contribution in [-0.4, -0.2) is 47.0 Å². The number of carbonyl (C=O) groups is 1. The lowest BCUT2D eigenvalue weighted by Gasteiger charge is -2.32. The second-order valence-electron chi connectivity index (χ2n) is 4.10. The summed E-state index contributed by atoms with van der Waals surface area (Å²) in [6, 6.07) is 0.355. The van der Waals surface area contributed by atoms with Crippen molar-refractivity contribution in [2.24, 2.45) is 0 Å². The fourth-order valence-corrected chi connectivity index (χ4v) is 2.20. The maximum atomic E-state index is 12.2. The second kappa shape index (κ2) is 5.42. The molecule has 0 aliphatic carbocycles. The maximum Gasteiger partial charge on any atom is 0.274 e.